The molecule has 4 nitrogen and oxygen atoms in total. The van der Waals surface area contributed by atoms with Gasteiger partial charge in [0.05, 0.1) is 17.9 Å². The van der Waals surface area contributed by atoms with E-state index < -0.39 is 0 Å². The quantitative estimate of drug-likeness (QED) is 0.617. The van der Waals surface area contributed by atoms with Crippen LogP contribution in [-0.2, 0) is 0 Å². The van der Waals surface area contributed by atoms with E-state index in [2.05, 4.69) is 6.58 Å². The number of benzene rings is 2. The Kier molecular flexibility index (Phi) is 5.33. The van der Waals surface area contributed by atoms with Gasteiger partial charge < -0.3 is 0 Å². The molecule has 114 valence electrons. The molecule has 0 radical (unpaired) electrons. The van der Waals surface area contributed by atoms with Crippen molar-refractivity contribution in [2.24, 2.45) is 0 Å². The lowest BCUT2D eigenvalue weighted by Crippen LogP contribution is -2.48. The van der Waals surface area contributed by atoms with E-state index in [1.165, 1.54) is 0 Å². The number of rotatable bonds is 5. The van der Waals surface area contributed by atoms with Crippen molar-refractivity contribution in [3.05, 3.63) is 73.3 Å². The van der Waals surface area contributed by atoms with Gasteiger partial charge in [-0.3, -0.25) is 9.91 Å². The molecule has 0 saturated heterocycles. The molecular weight excluding hydrogens is 274 g/mol. The second-order valence-corrected chi connectivity index (χ2v) is 5.01. The summed E-state index contributed by atoms with van der Waals surface area (Å²) in [7, 11) is 3.69. The summed E-state index contributed by atoms with van der Waals surface area (Å²) < 4.78 is 0. The van der Waals surface area contributed by atoms with Gasteiger partial charge in [0, 0.05) is 14.1 Å². The van der Waals surface area contributed by atoms with E-state index in [9.17, 15) is 4.79 Å². The van der Waals surface area contributed by atoms with E-state index in [0.717, 1.165) is 11.4 Å². The van der Waals surface area contributed by atoms with Crippen LogP contribution in [0.1, 0.15) is 0 Å². The van der Waals surface area contributed by atoms with Crippen molar-refractivity contribution in [2.75, 3.05) is 25.5 Å². The summed E-state index contributed by atoms with van der Waals surface area (Å²) in [5.74, 6) is 0. The van der Waals surface area contributed by atoms with Crippen LogP contribution in [0.15, 0.2) is 73.3 Å². The topological polar surface area (TPSA) is 26.8 Å². The van der Waals surface area contributed by atoms with Crippen molar-refractivity contribution >= 4 is 17.4 Å². The third-order valence-corrected chi connectivity index (χ3v) is 3.23. The summed E-state index contributed by atoms with van der Waals surface area (Å²) >= 11 is 0. The molecule has 2 rings (SSSR count). The van der Waals surface area contributed by atoms with Gasteiger partial charge in [-0.15, -0.1) is 6.58 Å². The Morgan fingerprint density at radius 3 is 1.77 bits per heavy atom. The minimum atomic E-state index is -0.123. The van der Waals surface area contributed by atoms with Crippen LogP contribution in [0.2, 0.25) is 0 Å². The maximum Gasteiger partial charge on any atom is 0.343 e. The second-order valence-electron chi connectivity index (χ2n) is 5.01. The van der Waals surface area contributed by atoms with Crippen molar-refractivity contribution < 1.29 is 4.79 Å². The lowest BCUT2D eigenvalue weighted by atomic mass is 10.2. The van der Waals surface area contributed by atoms with Crippen LogP contribution in [-0.4, -0.2) is 36.7 Å². The number of anilines is 2. The monoisotopic (exact) mass is 295 g/mol. The zero-order chi connectivity index (χ0) is 15.9. The van der Waals surface area contributed by atoms with Gasteiger partial charge in [-0.1, -0.05) is 42.5 Å². The summed E-state index contributed by atoms with van der Waals surface area (Å²) in [6.07, 6.45) is 1.71. The van der Waals surface area contributed by atoms with Gasteiger partial charge in [-0.25, -0.2) is 9.80 Å². The zero-order valence-electron chi connectivity index (χ0n) is 13.0. The van der Waals surface area contributed by atoms with E-state index in [1.807, 2.05) is 74.8 Å². The molecule has 0 unspecified atom stereocenters. The van der Waals surface area contributed by atoms with Crippen LogP contribution in [0, 0.1) is 0 Å². The number of amides is 2. The summed E-state index contributed by atoms with van der Waals surface area (Å²) in [4.78, 5) is 14.7. The SMILES string of the molecule is C=CCN(C(=O)N(c1ccccc1)c1ccccc1)N(C)C. The molecule has 0 aliphatic rings. The molecule has 0 saturated carbocycles. The molecule has 2 aromatic carbocycles. The van der Waals surface area contributed by atoms with E-state index in [-0.39, 0.29) is 6.03 Å². The lowest BCUT2D eigenvalue weighted by molar-refractivity contribution is 0.0800. The van der Waals surface area contributed by atoms with E-state index in [1.54, 1.807) is 21.0 Å². The third-order valence-electron chi connectivity index (χ3n) is 3.23. The predicted molar refractivity (Wildman–Crippen MR) is 91.0 cm³/mol. The van der Waals surface area contributed by atoms with Crippen molar-refractivity contribution in [2.45, 2.75) is 0 Å². The van der Waals surface area contributed by atoms with Gasteiger partial charge in [-0.05, 0) is 24.3 Å². The molecule has 0 N–H and O–H groups in total. The van der Waals surface area contributed by atoms with Crippen molar-refractivity contribution in [1.29, 1.82) is 0 Å². The smallest absolute Gasteiger partial charge is 0.262 e. The fourth-order valence-corrected chi connectivity index (χ4v) is 2.17. The Bertz CT molecular complexity index is 571. The fourth-order valence-electron chi connectivity index (χ4n) is 2.17. The van der Waals surface area contributed by atoms with Crippen molar-refractivity contribution in [1.82, 2.24) is 10.0 Å². The Labute approximate surface area is 131 Å². The standard InChI is InChI=1S/C18H21N3O/c1-4-15-20(19(2)3)18(22)21(16-11-7-5-8-12-16)17-13-9-6-10-14-17/h4-14H,1,15H2,2-3H3. The van der Waals surface area contributed by atoms with Gasteiger partial charge >= 0.3 is 6.03 Å². The first-order chi connectivity index (χ1) is 10.6. The molecule has 0 bridgehead atoms. The van der Waals surface area contributed by atoms with Crippen molar-refractivity contribution in [3.63, 3.8) is 0 Å². The predicted octanol–water partition coefficient (Wildman–Crippen LogP) is 3.91. The van der Waals surface area contributed by atoms with Gasteiger partial charge in [-0.2, -0.15) is 0 Å². The van der Waals surface area contributed by atoms with Crippen molar-refractivity contribution in [3.8, 4) is 0 Å². The Morgan fingerprint density at radius 1 is 0.955 bits per heavy atom. The molecule has 0 spiro atoms. The van der Waals surface area contributed by atoms with Gasteiger partial charge in [0.2, 0.25) is 0 Å². The fraction of sp³-hybridized carbons (Fsp3) is 0.167. The highest BCUT2D eigenvalue weighted by molar-refractivity contribution is 5.99. The molecule has 2 amide bonds. The molecule has 0 atom stereocenters. The zero-order valence-corrected chi connectivity index (χ0v) is 13.0. The highest BCUT2D eigenvalue weighted by Crippen LogP contribution is 2.26. The average Bonchev–Trinajstić information content (AvgIpc) is 2.54. The average molecular weight is 295 g/mol. The highest BCUT2D eigenvalue weighted by atomic mass is 16.2. The largest absolute Gasteiger partial charge is 0.343 e. The van der Waals surface area contributed by atoms with E-state index in [4.69, 9.17) is 0 Å². The molecular formula is C18H21N3O. The number of hydrazine groups is 1. The summed E-state index contributed by atoms with van der Waals surface area (Å²) in [5, 5.41) is 3.40. The van der Waals surface area contributed by atoms with Gasteiger partial charge in [0.25, 0.3) is 0 Å². The van der Waals surface area contributed by atoms with E-state index in [0.29, 0.717) is 6.54 Å². The molecule has 0 heterocycles. The van der Waals surface area contributed by atoms with Gasteiger partial charge in [0.1, 0.15) is 0 Å². The summed E-state index contributed by atoms with van der Waals surface area (Å²) in [5.41, 5.74) is 1.66. The summed E-state index contributed by atoms with van der Waals surface area (Å²) in [6, 6.07) is 19.1. The lowest BCUT2D eigenvalue weighted by Gasteiger charge is -2.33. The third kappa shape index (κ3) is 3.54. The minimum Gasteiger partial charge on any atom is -0.262 e. The molecule has 0 aromatic heterocycles. The number of urea groups is 1. The second kappa shape index (κ2) is 7.43. The Balaban J connectivity index is 2.45. The van der Waals surface area contributed by atoms with Crippen LogP contribution in [0.5, 0.6) is 0 Å². The highest BCUT2D eigenvalue weighted by Gasteiger charge is 2.24. The van der Waals surface area contributed by atoms with Crippen LogP contribution >= 0.6 is 0 Å². The number of para-hydroxylation sites is 2. The van der Waals surface area contributed by atoms with Gasteiger partial charge in [0.15, 0.2) is 0 Å². The number of hydrogen-bond donors (Lipinski definition) is 0. The normalized spacial score (nSPS) is 10.3. The number of carbonyl (C=O) groups excluding carboxylic acids is 1. The number of hydrogen-bond acceptors (Lipinski definition) is 2. The molecule has 0 aliphatic heterocycles. The first kappa shape index (κ1) is 15.8. The molecule has 2 aromatic rings. The first-order valence-corrected chi connectivity index (χ1v) is 7.15. The van der Waals surface area contributed by atoms with E-state index >= 15 is 0 Å². The van der Waals surface area contributed by atoms with Crippen LogP contribution < -0.4 is 4.90 Å². The summed E-state index contributed by atoms with van der Waals surface area (Å²) in [6.45, 7) is 4.18. The number of carbonyl (C=O) groups is 1. The Morgan fingerprint density at radius 2 is 1.41 bits per heavy atom. The van der Waals surface area contributed by atoms with Crippen LogP contribution in [0.25, 0.3) is 0 Å². The maximum absolute atomic E-state index is 13.0. The van der Waals surface area contributed by atoms with Crippen LogP contribution in [0.4, 0.5) is 16.2 Å². The maximum atomic E-state index is 13.0. The first-order valence-electron chi connectivity index (χ1n) is 7.15. The minimum absolute atomic E-state index is 0.123. The Hall–Kier alpha value is -2.59. The van der Waals surface area contributed by atoms with Crippen LogP contribution in [0.3, 0.4) is 0 Å². The molecule has 0 fully saturated rings. The molecule has 22 heavy (non-hydrogen) atoms. The molecule has 0 aliphatic carbocycles. The number of nitrogens with zero attached hydrogens (tertiary/aromatic N) is 3. The molecule has 4 heteroatoms.